The van der Waals surface area contributed by atoms with Crippen LogP contribution >= 0.6 is 0 Å². The number of nitrogens with one attached hydrogen (secondary N) is 1. The van der Waals surface area contributed by atoms with Gasteiger partial charge in [-0.25, -0.2) is 0 Å². The van der Waals surface area contributed by atoms with E-state index in [0.717, 1.165) is 37.4 Å². The molecule has 0 amide bonds. The monoisotopic (exact) mass is 435 g/mol. The van der Waals surface area contributed by atoms with Crippen molar-refractivity contribution in [2.24, 2.45) is 5.92 Å². The fourth-order valence-electron chi connectivity index (χ4n) is 4.04. The fourth-order valence-corrected chi connectivity index (χ4v) is 4.04. The zero-order valence-corrected chi connectivity index (χ0v) is 20.1. The van der Waals surface area contributed by atoms with Gasteiger partial charge in [-0.15, -0.1) is 0 Å². The van der Waals surface area contributed by atoms with Crippen molar-refractivity contribution in [3.63, 3.8) is 0 Å². The summed E-state index contributed by atoms with van der Waals surface area (Å²) in [5, 5.41) is 10.8. The zero-order valence-electron chi connectivity index (χ0n) is 20.1. The van der Waals surface area contributed by atoms with E-state index in [1.54, 1.807) is 0 Å². The Morgan fingerprint density at radius 2 is 1.66 bits per heavy atom. The topological polar surface area (TPSA) is 38.8 Å². The highest BCUT2D eigenvalue weighted by Gasteiger charge is 2.19. The second-order valence-corrected chi connectivity index (χ2v) is 9.35. The molecule has 1 unspecified atom stereocenters. The highest BCUT2D eigenvalue weighted by atomic mass is 16.5. The first kappa shape index (κ1) is 24.1. The molecule has 0 aliphatic carbocycles. The van der Waals surface area contributed by atoms with Crippen molar-refractivity contribution >= 4 is 0 Å². The van der Waals surface area contributed by atoms with E-state index in [9.17, 15) is 5.11 Å². The van der Waals surface area contributed by atoms with Gasteiger partial charge in [0.1, 0.15) is 31.5 Å². The third-order valence-electron chi connectivity index (χ3n) is 6.08. The Labute approximate surface area is 193 Å². The molecule has 3 rings (SSSR count). The summed E-state index contributed by atoms with van der Waals surface area (Å²) >= 11 is 0. The van der Waals surface area contributed by atoms with Crippen molar-refractivity contribution in [3.8, 4) is 5.75 Å². The van der Waals surface area contributed by atoms with Crippen LogP contribution in [0.25, 0.3) is 0 Å². The molecule has 0 saturated carbocycles. The summed E-state index contributed by atoms with van der Waals surface area (Å²) in [4.78, 5) is 1.39. The van der Waals surface area contributed by atoms with Gasteiger partial charge in [-0.2, -0.15) is 0 Å². The quantitative estimate of drug-likeness (QED) is 0.451. The van der Waals surface area contributed by atoms with E-state index in [2.05, 4.69) is 67.9 Å². The molecule has 0 bridgehead atoms. The van der Waals surface area contributed by atoms with Gasteiger partial charge in [-0.1, -0.05) is 56.3 Å². The van der Waals surface area contributed by atoms with Crippen LogP contribution in [0.15, 0.2) is 66.9 Å². The van der Waals surface area contributed by atoms with Crippen molar-refractivity contribution in [1.29, 1.82) is 0 Å². The molecule has 4 nitrogen and oxygen atoms in total. The van der Waals surface area contributed by atoms with Crippen molar-refractivity contribution in [2.75, 3.05) is 19.7 Å². The number of aliphatic hydroxyl groups is 1. The molecular weight excluding hydrogens is 396 g/mol. The van der Waals surface area contributed by atoms with Crippen LogP contribution in [0.5, 0.6) is 5.75 Å². The lowest BCUT2D eigenvalue weighted by atomic mass is 10.1. The second kappa shape index (κ2) is 11.9. The van der Waals surface area contributed by atoms with Crippen LogP contribution in [-0.4, -0.2) is 35.5 Å². The minimum Gasteiger partial charge on any atom is -0.490 e. The summed E-state index contributed by atoms with van der Waals surface area (Å²) in [6.07, 6.45) is 2.80. The molecule has 0 fully saturated rings. The van der Waals surface area contributed by atoms with Gasteiger partial charge in [0.2, 0.25) is 0 Å². The van der Waals surface area contributed by atoms with Crippen LogP contribution in [-0.2, 0) is 13.1 Å². The van der Waals surface area contributed by atoms with Crippen LogP contribution in [0, 0.1) is 19.8 Å². The first-order valence-electron chi connectivity index (χ1n) is 11.8. The Morgan fingerprint density at radius 1 is 0.938 bits per heavy atom. The van der Waals surface area contributed by atoms with E-state index >= 15 is 0 Å². The lowest BCUT2D eigenvalue weighted by Gasteiger charge is -2.24. The van der Waals surface area contributed by atoms with Gasteiger partial charge in [0.15, 0.2) is 0 Å². The van der Waals surface area contributed by atoms with Crippen molar-refractivity contribution in [3.05, 3.63) is 89.2 Å². The number of nitrogens with zero attached hydrogens (tertiary/aromatic N) is 1. The Bertz CT molecular complexity index is 963. The van der Waals surface area contributed by atoms with Gasteiger partial charge in [-0.3, -0.25) is 0 Å². The molecule has 2 N–H and O–H groups in total. The first-order valence-corrected chi connectivity index (χ1v) is 11.8. The highest BCUT2D eigenvalue weighted by Crippen LogP contribution is 2.16. The molecule has 32 heavy (non-hydrogen) atoms. The van der Waals surface area contributed by atoms with Gasteiger partial charge in [-0.05, 0) is 61.1 Å². The molecule has 0 saturated heterocycles. The molecule has 0 aliphatic rings. The first-order chi connectivity index (χ1) is 15.4. The van der Waals surface area contributed by atoms with Crippen molar-refractivity contribution < 1.29 is 14.7 Å². The Balaban J connectivity index is 1.64. The minimum absolute atomic E-state index is 0.320. The molecule has 1 heterocycles. The summed E-state index contributed by atoms with van der Waals surface area (Å²) < 4.78 is 8.25. The number of rotatable bonds is 12. The van der Waals surface area contributed by atoms with Gasteiger partial charge in [0.25, 0.3) is 0 Å². The summed E-state index contributed by atoms with van der Waals surface area (Å²) in [5.41, 5.74) is 5.07. The molecule has 1 aromatic heterocycles. The lowest BCUT2D eigenvalue weighted by molar-refractivity contribution is -0.917. The second-order valence-electron chi connectivity index (χ2n) is 9.35. The van der Waals surface area contributed by atoms with E-state index in [1.165, 1.54) is 21.7 Å². The van der Waals surface area contributed by atoms with E-state index < -0.39 is 6.10 Å². The lowest BCUT2D eigenvalue weighted by Crippen LogP contribution is -3.12. The maximum Gasteiger partial charge on any atom is 0.137 e. The predicted molar refractivity (Wildman–Crippen MR) is 131 cm³/mol. The van der Waals surface area contributed by atoms with E-state index in [-0.39, 0.29) is 0 Å². The summed E-state index contributed by atoms with van der Waals surface area (Å²) in [7, 11) is 0. The maximum atomic E-state index is 10.8. The van der Waals surface area contributed by atoms with Gasteiger partial charge < -0.3 is 19.3 Å². The van der Waals surface area contributed by atoms with Gasteiger partial charge in [0, 0.05) is 12.7 Å². The molecule has 3 aromatic rings. The minimum atomic E-state index is -0.503. The number of hydrogen-bond donors (Lipinski definition) is 2. The summed E-state index contributed by atoms with van der Waals surface area (Å²) in [6.45, 7) is 12.5. The number of aryl methyl sites for hydroxylation is 2. The average Bonchev–Trinajstić information content (AvgIpc) is 3.19. The molecule has 0 aliphatic heterocycles. The Morgan fingerprint density at radius 3 is 2.38 bits per heavy atom. The van der Waals surface area contributed by atoms with E-state index in [1.807, 2.05) is 31.2 Å². The number of ether oxygens (including phenoxy) is 1. The molecule has 172 valence electrons. The third-order valence-corrected chi connectivity index (χ3v) is 6.08. The average molecular weight is 436 g/mol. The largest absolute Gasteiger partial charge is 0.490 e. The molecule has 0 radical (unpaired) electrons. The molecule has 4 heteroatoms. The molecule has 2 aromatic carbocycles. The highest BCUT2D eigenvalue weighted by molar-refractivity contribution is 5.31. The van der Waals surface area contributed by atoms with E-state index in [4.69, 9.17) is 4.74 Å². The third kappa shape index (κ3) is 7.25. The van der Waals surface area contributed by atoms with Crippen LogP contribution in [0.2, 0.25) is 0 Å². The Kier molecular flexibility index (Phi) is 8.95. The number of hydrogen-bond acceptors (Lipinski definition) is 2. The fraction of sp³-hybridized carbons (Fsp3) is 0.429. The standard InChI is InChI=1S/C28H38N2O2/c1-22(2)15-17-29(20-27(31)21-32-28-14-8-6-11-24(28)4)19-26-13-9-16-30(26)18-25-12-7-5-10-23(25)3/h5-14,16,22,27,31H,15,17-21H2,1-4H3/p+1/t27-/m0/s1. The zero-order chi connectivity index (χ0) is 22.9. The normalized spacial score (nSPS) is 13.3. The number of benzene rings is 2. The van der Waals surface area contributed by atoms with Gasteiger partial charge in [0.05, 0.1) is 12.2 Å². The van der Waals surface area contributed by atoms with E-state index in [0.29, 0.717) is 19.1 Å². The predicted octanol–water partition coefficient (Wildman–Crippen LogP) is 4.02. The molecule has 0 spiro atoms. The maximum absolute atomic E-state index is 10.8. The number of aliphatic hydroxyl groups excluding tert-OH is 1. The number of quaternary nitrogens is 1. The SMILES string of the molecule is Cc1ccccc1Cn1cccc1C[NH+](CCC(C)C)C[C@H](O)COc1ccccc1C. The van der Waals surface area contributed by atoms with Crippen molar-refractivity contribution in [1.82, 2.24) is 4.57 Å². The Hall–Kier alpha value is -2.56. The number of aromatic nitrogens is 1. The summed E-state index contributed by atoms with van der Waals surface area (Å²) in [5.74, 6) is 1.49. The van der Waals surface area contributed by atoms with Crippen LogP contribution in [0.4, 0.5) is 0 Å². The summed E-state index contributed by atoms with van der Waals surface area (Å²) in [6, 6.07) is 20.9. The number of para-hydroxylation sites is 1. The molecule has 2 atom stereocenters. The van der Waals surface area contributed by atoms with Crippen LogP contribution in [0.1, 0.15) is 42.7 Å². The smallest absolute Gasteiger partial charge is 0.137 e. The van der Waals surface area contributed by atoms with Gasteiger partial charge >= 0.3 is 0 Å². The van der Waals surface area contributed by atoms with Crippen molar-refractivity contribution in [2.45, 2.75) is 53.3 Å². The molecular formula is C28H39N2O2+. The van der Waals surface area contributed by atoms with Crippen LogP contribution in [0.3, 0.4) is 0 Å². The van der Waals surface area contributed by atoms with Crippen LogP contribution < -0.4 is 9.64 Å².